The van der Waals surface area contributed by atoms with Gasteiger partial charge in [-0.2, -0.15) is 0 Å². The summed E-state index contributed by atoms with van der Waals surface area (Å²) in [6.07, 6.45) is 1.59. The minimum Gasteiger partial charge on any atom is -0.378 e. The number of carbonyl (C=O) groups excluding carboxylic acids is 2. The second kappa shape index (κ2) is 7.25. The lowest BCUT2D eigenvalue weighted by Gasteiger charge is -2.28. The number of H-pyrrole nitrogens is 1. The Morgan fingerprint density at radius 3 is 2.56 bits per heavy atom. The molecular weight excluding hydrogens is 342 g/mol. The van der Waals surface area contributed by atoms with Gasteiger partial charge in [-0.25, -0.2) is 0 Å². The minimum atomic E-state index is -0.642. The number of hydrogen-bond acceptors (Lipinski definition) is 4. The van der Waals surface area contributed by atoms with Gasteiger partial charge in [0, 0.05) is 41.6 Å². The number of nitrogens with one attached hydrogen (secondary N) is 2. The molecule has 1 amide bonds. The number of morpholine rings is 1. The number of rotatable bonds is 4. The molecule has 0 atom stereocenters. The van der Waals surface area contributed by atoms with Crippen molar-refractivity contribution in [3.05, 3.63) is 59.8 Å². The van der Waals surface area contributed by atoms with Gasteiger partial charge in [-0.15, -0.1) is 0 Å². The molecule has 0 saturated carbocycles. The summed E-state index contributed by atoms with van der Waals surface area (Å²) in [6.45, 7) is 5.10. The van der Waals surface area contributed by atoms with Crippen LogP contribution in [-0.2, 0) is 9.53 Å². The summed E-state index contributed by atoms with van der Waals surface area (Å²) in [7, 11) is 0. The molecule has 0 bridgehead atoms. The number of benzene rings is 2. The van der Waals surface area contributed by atoms with Crippen LogP contribution in [0, 0.1) is 6.92 Å². The number of aryl methyl sites for hydroxylation is 1. The fourth-order valence-corrected chi connectivity index (χ4v) is 3.31. The SMILES string of the molecule is Cc1ccc2[nH]cc(C(=O)C(=O)Nc3ccc(N4CCOCC4)cc3)c2c1. The molecule has 1 aliphatic heterocycles. The third-order valence-corrected chi connectivity index (χ3v) is 4.79. The first kappa shape index (κ1) is 17.3. The number of hydrogen-bond donors (Lipinski definition) is 2. The molecule has 1 aliphatic rings. The predicted molar refractivity (Wildman–Crippen MR) is 105 cm³/mol. The van der Waals surface area contributed by atoms with Crippen LogP contribution in [0.25, 0.3) is 10.9 Å². The maximum atomic E-state index is 12.6. The standard InChI is InChI=1S/C21H21N3O3/c1-14-2-7-19-17(12-14)18(13-22-19)20(25)21(26)23-15-3-5-16(6-4-15)24-8-10-27-11-9-24/h2-7,12-13,22H,8-11H2,1H3,(H,23,26). The Labute approximate surface area is 157 Å². The van der Waals surface area contributed by atoms with Crippen molar-refractivity contribution in [3.8, 4) is 0 Å². The van der Waals surface area contributed by atoms with Crippen LogP contribution in [0.5, 0.6) is 0 Å². The first-order chi connectivity index (χ1) is 13.1. The number of ether oxygens (including phenoxy) is 1. The Kier molecular flexibility index (Phi) is 4.64. The smallest absolute Gasteiger partial charge is 0.296 e. The topological polar surface area (TPSA) is 74.4 Å². The molecule has 6 nitrogen and oxygen atoms in total. The Hall–Kier alpha value is -3.12. The average Bonchev–Trinajstić information content (AvgIpc) is 3.11. The fourth-order valence-electron chi connectivity index (χ4n) is 3.31. The van der Waals surface area contributed by atoms with Crippen molar-refractivity contribution in [2.24, 2.45) is 0 Å². The van der Waals surface area contributed by atoms with E-state index in [2.05, 4.69) is 15.2 Å². The van der Waals surface area contributed by atoms with Crippen molar-refractivity contribution >= 4 is 34.0 Å². The first-order valence-electron chi connectivity index (χ1n) is 8.98. The van der Waals surface area contributed by atoms with Crippen LogP contribution in [0.3, 0.4) is 0 Å². The fraction of sp³-hybridized carbons (Fsp3) is 0.238. The molecule has 2 N–H and O–H groups in total. The number of Topliss-reactive ketones (excluding diaryl/α,β-unsaturated/α-hetero) is 1. The lowest BCUT2D eigenvalue weighted by atomic mass is 10.1. The van der Waals surface area contributed by atoms with E-state index in [9.17, 15) is 9.59 Å². The van der Waals surface area contributed by atoms with Gasteiger partial charge in [-0.1, -0.05) is 11.6 Å². The molecule has 0 aliphatic carbocycles. The van der Waals surface area contributed by atoms with Gasteiger partial charge in [0.2, 0.25) is 0 Å². The lowest BCUT2D eigenvalue weighted by Crippen LogP contribution is -2.36. The van der Waals surface area contributed by atoms with Crippen LogP contribution >= 0.6 is 0 Å². The third kappa shape index (κ3) is 3.57. The van der Waals surface area contributed by atoms with Crippen molar-refractivity contribution in [2.45, 2.75) is 6.92 Å². The van der Waals surface area contributed by atoms with E-state index in [1.807, 2.05) is 49.4 Å². The van der Waals surface area contributed by atoms with Gasteiger partial charge < -0.3 is 19.9 Å². The largest absolute Gasteiger partial charge is 0.378 e. The normalized spacial score (nSPS) is 14.3. The van der Waals surface area contributed by atoms with Crippen LogP contribution < -0.4 is 10.2 Å². The zero-order chi connectivity index (χ0) is 18.8. The number of amides is 1. The molecule has 0 unspecified atom stereocenters. The molecule has 2 heterocycles. The Bertz CT molecular complexity index is 986. The highest BCUT2D eigenvalue weighted by Gasteiger charge is 2.20. The van der Waals surface area contributed by atoms with Crippen molar-refractivity contribution in [1.82, 2.24) is 4.98 Å². The molecule has 1 aromatic heterocycles. The van der Waals surface area contributed by atoms with E-state index in [0.717, 1.165) is 48.5 Å². The summed E-state index contributed by atoms with van der Waals surface area (Å²) in [4.78, 5) is 30.3. The highest BCUT2D eigenvalue weighted by molar-refractivity contribution is 6.48. The van der Waals surface area contributed by atoms with E-state index >= 15 is 0 Å². The lowest BCUT2D eigenvalue weighted by molar-refractivity contribution is -0.112. The van der Waals surface area contributed by atoms with Gasteiger partial charge >= 0.3 is 0 Å². The minimum absolute atomic E-state index is 0.385. The number of anilines is 2. The maximum Gasteiger partial charge on any atom is 0.296 e. The Morgan fingerprint density at radius 1 is 1.07 bits per heavy atom. The summed E-state index contributed by atoms with van der Waals surface area (Å²) < 4.78 is 5.36. The van der Waals surface area contributed by atoms with Gasteiger partial charge in [0.05, 0.1) is 18.8 Å². The van der Waals surface area contributed by atoms with Crippen molar-refractivity contribution in [2.75, 3.05) is 36.5 Å². The average molecular weight is 363 g/mol. The molecule has 1 saturated heterocycles. The molecule has 0 radical (unpaired) electrons. The van der Waals surface area contributed by atoms with E-state index in [1.54, 1.807) is 6.20 Å². The van der Waals surface area contributed by atoms with Gasteiger partial charge in [-0.3, -0.25) is 9.59 Å². The van der Waals surface area contributed by atoms with Crippen molar-refractivity contribution in [3.63, 3.8) is 0 Å². The van der Waals surface area contributed by atoms with Gasteiger partial charge in [-0.05, 0) is 43.3 Å². The summed E-state index contributed by atoms with van der Waals surface area (Å²) in [5, 5.41) is 3.46. The van der Waals surface area contributed by atoms with Crippen LogP contribution in [-0.4, -0.2) is 43.0 Å². The molecule has 1 fully saturated rings. The van der Waals surface area contributed by atoms with Crippen molar-refractivity contribution < 1.29 is 14.3 Å². The van der Waals surface area contributed by atoms with Crippen LogP contribution in [0.2, 0.25) is 0 Å². The number of carbonyl (C=O) groups is 2. The van der Waals surface area contributed by atoms with Gasteiger partial charge in [0.25, 0.3) is 11.7 Å². The van der Waals surface area contributed by atoms with E-state index < -0.39 is 11.7 Å². The monoisotopic (exact) mass is 363 g/mol. The first-order valence-corrected chi connectivity index (χ1v) is 8.98. The van der Waals surface area contributed by atoms with E-state index in [-0.39, 0.29) is 0 Å². The van der Waals surface area contributed by atoms with Crippen LogP contribution in [0.1, 0.15) is 15.9 Å². The molecule has 3 aromatic rings. The second-order valence-corrected chi connectivity index (χ2v) is 6.68. The maximum absolute atomic E-state index is 12.6. The predicted octanol–water partition coefficient (Wildman–Crippen LogP) is 3.13. The highest BCUT2D eigenvalue weighted by Crippen LogP contribution is 2.22. The number of fused-ring (bicyclic) bond motifs is 1. The van der Waals surface area contributed by atoms with Gasteiger partial charge in [0.1, 0.15) is 0 Å². The zero-order valence-electron chi connectivity index (χ0n) is 15.1. The van der Waals surface area contributed by atoms with E-state index in [0.29, 0.717) is 11.3 Å². The van der Waals surface area contributed by atoms with Crippen LogP contribution in [0.15, 0.2) is 48.7 Å². The molecule has 0 spiro atoms. The van der Waals surface area contributed by atoms with Gasteiger partial charge in [0.15, 0.2) is 0 Å². The zero-order valence-corrected chi connectivity index (χ0v) is 15.1. The molecule has 138 valence electrons. The summed E-state index contributed by atoms with van der Waals surface area (Å²) >= 11 is 0. The third-order valence-electron chi connectivity index (χ3n) is 4.79. The summed E-state index contributed by atoms with van der Waals surface area (Å²) in [6, 6.07) is 13.3. The Balaban J connectivity index is 1.48. The number of nitrogens with zero attached hydrogens (tertiary/aromatic N) is 1. The number of ketones is 1. The van der Waals surface area contributed by atoms with E-state index in [4.69, 9.17) is 4.74 Å². The van der Waals surface area contributed by atoms with Crippen molar-refractivity contribution in [1.29, 1.82) is 0 Å². The quantitative estimate of drug-likeness (QED) is 0.552. The van der Waals surface area contributed by atoms with E-state index in [1.165, 1.54) is 0 Å². The Morgan fingerprint density at radius 2 is 1.81 bits per heavy atom. The summed E-state index contributed by atoms with van der Waals surface area (Å²) in [5.41, 5.74) is 3.94. The number of aromatic nitrogens is 1. The molecule has 2 aromatic carbocycles. The molecular formula is C21H21N3O3. The molecule has 6 heteroatoms. The molecule has 4 rings (SSSR count). The second-order valence-electron chi connectivity index (χ2n) is 6.68. The summed E-state index contributed by atoms with van der Waals surface area (Å²) in [5.74, 6) is -1.19. The van der Waals surface area contributed by atoms with Crippen LogP contribution in [0.4, 0.5) is 11.4 Å². The number of aromatic amines is 1. The highest BCUT2D eigenvalue weighted by atomic mass is 16.5. The molecule has 27 heavy (non-hydrogen) atoms.